The lowest BCUT2D eigenvalue weighted by atomic mass is 10.0. The molecule has 3 unspecified atom stereocenters. The average Bonchev–Trinajstić information content (AvgIpc) is 3.25. The van der Waals surface area contributed by atoms with Crippen LogP contribution in [-0.4, -0.2) is 63.4 Å². The number of rotatable bonds is 11. The second kappa shape index (κ2) is 11.5. The summed E-state index contributed by atoms with van der Waals surface area (Å²) in [4.78, 5) is 54.5. The van der Waals surface area contributed by atoms with Gasteiger partial charge in [0, 0.05) is 18.3 Å². The van der Waals surface area contributed by atoms with E-state index in [2.05, 4.69) is 25.9 Å². The number of nitrogens with two attached hydrogens (primary N) is 1. The molecule has 11 nitrogen and oxygen atoms in total. The number of hydrogen-bond donors (Lipinski definition) is 6. The van der Waals surface area contributed by atoms with E-state index in [1.165, 1.54) is 19.4 Å². The number of aromatic nitrogens is 2. The van der Waals surface area contributed by atoms with Gasteiger partial charge in [-0.2, -0.15) is 0 Å². The topological polar surface area (TPSA) is 179 Å². The standard InChI is InChI=1S/C20H26N6O5/c1-12(20(30)31)25-17(27)10-23-19(29)16(8-14-9-22-11-24-14)26-18(28)15(21)7-13-5-3-2-4-6-13/h2-6,9,11-12,15-16H,7-8,10,21H2,1H3,(H,22,24)(H,23,29)(H,25,27)(H,26,28)(H,30,31). The van der Waals surface area contributed by atoms with Crippen molar-refractivity contribution in [2.45, 2.75) is 37.9 Å². The van der Waals surface area contributed by atoms with Gasteiger partial charge in [-0.3, -0.25) is 19.2 Å². The molecular formula is C20H26N6O5. The van der Waals surface area contributed by atoms with E-state index in [9.17, 15) is 19.2 Å². The van der Waals surface area contributed by atoms with Gasteiger partial charge in [-0.15, -0.1) is 0 Å². The first-order valence-electron chi connectivity index (χ1n) is 9.63. The number of benzene rings is 1. The summed E-state index contributed by atoms with van der Waals surface area (Å²) in [5.74, 6) is -3.01. The highest BCUT2D eigenvalue weighted by Crippen LogP contribution is 2.04. The molecule has 31 heavy (non-hydrogen) atoms. The van der Waals surface area contributed by atoms with Crippen molar-refractivity contribution >= 4 is 23.7 Å². The Kier molecular flexibility index (Phi) is 8.70. The number of H-pyrrole nitrogens is 1. The lowest BCUT2D eigenvalue weighted by Gasteiger charge is -2.20. The molecule has 0 aliphatic rings. The maximum Gasteiger partial charge on any atom is 0.325 e. The molecule has 2 rings (SSSR count). The highest BCUT2D eigenvalue weighted by atomic mass is 16.4. The first-order valence-corrected chi connectivity index (χ1v) is 9.63. The summed E-state index contributed by atoms with van der Waals surface area (Å²) < 4.78 is 0. The molecule has 0 fully saturated rings. The maximum absolute atomic E-state index is 12.6. The number of carbonyl (C=O) groups excluding carboxylic acids is 3. The zero-order chi connectivity index (χ0) is 22.8. The van der Waals surface area contributed by atoms with E-state index in [0.717, 1.165) is 5.56 Å². The van der Waals surface area contributed by atoms with E-state index in [1.54, 1.807) is 0 Å². The van der Waals surface area contributed by atoms with Crippen LogP contribution < -0.4 is 21.7 Å². The summed E-state index contributed by atoms with van der Waals surface area (Å²) in [7, 11) is 0. The summed E-state index contributed by atoms with van der Waals surface area (Å²) in [6.07, 6.45) is 3.34. The number of imidazole rings is 1. The Morgan fingerprint density at radius 1 is 1.10 bits per heavy atom. The molecule has 7 N–H and O–H groups in total. The maximum atomic E-state index is 12.6. The number of carbonyl (C=O) groups is 4. The number of nitrogens with zero attached hydrogens (tertiary/aromatic N) is 1. The fourth-order valence-corrected chi connectivity index (χ4v) is 2.71. The SMILES string of the molecule is CC(NC(=O)CNC(=O)C(Cc1cnc[nH]1)NC(=O)C(N)Cc1ccccc1)C(=O)O. The Hall–Kier alpha value is -3.73. The number of hydrogen-bond acceptors (Lipinski definition) is 6. The number of aliphatic carboxylic acids is 1. The van der Waals surface area contributed by atoms with Crippen LogP contribution in [0.2, 0.25) is 0 Å². The predicted molar refractivity (Wildman–Crippen MR) is 111 cm³/mol. The first kappa shape index (κ1) is 23.5. The highest BCUT2D eigenvalue weighted by molar-refractivity contribution is 5.92. The first-order chi connectivity index (χ1) is 14.8. The van der Waals surface area contributed by atoms with E-state index in [1.807, 2.05) is 30.3 Å². The number of carboxylic acids is 1. The quantitative estimate of drug-likeness (QED) is 0.257. The number of nitrogens with one attached hydrogen (secondary N) is 4. The predicted octanol–water partition coefficient (Wildman–Crippen LogP) is -1.29. The summed E-state index contributed by atoms with van der Waals surface area (Å²) >= 11 is 0. The summed E-state index contributed by atoms with van der Waals surface area (Å²) in [6.45, 7) is 0.860. The molecule has 0 saturated heterocycles. The van der Waals surface area contributed by atoms with Gasteiger partial charge in [-0.1, -0.05) is 30.3 Å². The van der Waals surface area contributed by atoms with Crippen LogP contribution in [0.3, 0.4) is 0 Å². The van der Waals surface area contributed by atoms with Crippen LogP contribution in [0.1, 0.15) is 18.2 Å². The van der Waals surface area contributed by atoms with Gasteiger partial charge >= 0.3 is 5.97 Å². The zero-order valence-corrected chi connectivity index (χ0v) is 17.0. The third kappa shape index (κ3) is 7.90. The smallest absolute Gasteiger partial charge is 0.325 e. The van der Waals surface area contributed by atoms with Crippen molar-refractivity contribution < 1.29 is 24.3 Å². The van der Waals surface area contributed by atoms with E-state index in [0.29, 0.717) is 12.1 Å². The van der Waals surface area contributed by atoms with Crippen molar-refractivity contribution in [2.75, 3.05) is 6.54 Å². The minimum absolute atomic E-state index is 0.1000. The lowest BCUT2D eigenvalue weighted by molar-refractivity contribution is -0.141. The summed E-state index contributed by atoms with van der Waals surface area (Å²) in [6, 6.07) is 6.24. The van der Waals surface area contributed by atoms with Crippen molar-refractivity contribution in [3.8, 4) is 0 Å². The zero-order valence-electron chi connectivity index (χ0n) is 17.0. The van der Waals surface area contributed by atoms with Gasteiger partial charge in [0.15, 0.2) is 0 Å². The van der Waals surface area contributed by atoms with Crippen molar-refractivity contribution in [2.24, 2.45) is 5.73 Å². The van der Waals surface area contributed by atoms with E-state index in [4.69, 9.17) is 10.8 Å². The Balaban J connectivity index is 1.97. The third-order valence-corrected chi connectivity index (χ3v) is 4.42. The molecule has 3 atom stereocenters. The normalized spacial score (nSPS) is 13.5. The Morgan fingerprint density at radius 2 is 1.81 bits per heavy atom. The van der Waals surface area contributed by atoms with Gasteiger partial charge in [0.2, 0.25) is 17.7 Å². The van der Waals surface area contributed by atoms with Gasteiger partial charge in [-0.25, -0.2) is 4.98 Å². The van der Waals surface area contributed by atoms with Gasteiger partial charge in [0.1, 0.15) is 12.1 Å². The molecule has 0 aliphatic carbocycles. The Bertz CT molecular complexity index is 887. The minimum atomic E-state index is -1.20. The molecule has 1 aromatic heterocycles. The van der Waals surface area contributed by atoms with Crippen molar-refractivity contribution in [1.82, 2.24) is 25.9 Å². The lowest BCUT2D eigenvalue weighted by Crippen LogP contribution is -2.54. The molecule has 2 aromatic rings. The molecular weight excluding hydrogens is 404 g/mol. The van der Waals surface area contributed by atoms with Crippen LogP contribution >= 0.6 is 0 Å². The van der Waals surface area contributed by atoms with Crippen molar-refractivity contribution in [3.63, 3.8) is 0 Å². The molecule has 0 aliphatic heterocycles. The van der Waals surface area contributed by atoms with Crippen molar-refractivity contribution in [1.29, 1.82) is 0 Å². The average molecular weight is 430 g/mol. The molecule has 0 bridgehead atoms. The Morgan fingerprint density at radius 3 is 2.42 bits per heavy atom. The van der Waals surface area contributed by atoms with E-state index < -0.39 is 48.4 Å². The molecule has 0 radical (unpaired) electrons. The summed E-state index contributed by atoms with van der Waals surface area (Å²) in [5, 5.41) is 16.1. The molecule has 3 amide bonds. The fraction of sp³-hybridized carbons (Fsp3) is 0.350. The Labute approximate surface area is 178 Å². The van der Waals surface area contributed by atoms with Crippen molar-refractivity contribution in [3.05, 3.63) is 54.1 Å². The summed E-state index contributed by atoms with van der Waals surface area (Å²) in [5.41, 5.74) is 7.47. The second-order valence-electron chi connectivity index (χ2n) is 6.98. The van der Waals surface area contributed by atoms with Crippen LogP contribution in [0.25, 0.3) is 0 Å². The van der Waals surface area contributed by atoms with E-state index in [-0.39, 0.29) is 6.42 Å². The number of carboxylic acid groups (broad SMARTS) is 1. The van der Waals surface area contributed by atoms with Crippen LogP contribution in [0, 0.1) is 0 Å². The van der Waals surface area contributed by atoms with Gasteiger partial charge in [0.05, 0.1) is 18.9 Å². The fourth-order valence-electron chi connectivity index (χ4n) is 2.71. The van der Waals surface area contributed by atoms with Gasteiger partial charge < -0.3 is 31.8 Å². The molecule has 0 spiro atoms. The van der Waals surface area contributed by atoms with Crippen LogP contribution in [0.5, 0.6) is 0 Å². The second-order valence-corrected chi connectivity index (χ2v) is 6.98. The molecule has 0 saturated carbocycles. The molecule has 166 valence electrons. The number of amides is 3. The van der Waals surface area contributed by atoms with Crippen LogP contribution in [0.4, 0.5) is 0 Å². The van der Waals surface area contributed by atoms with Crippen LogP contribution in [-0.2, 0) is 32.0 Å². The van der Waals surface area contributed by atoms with Gasteiger partial charge in [0.25, 0.3) is 0 Å². The molecule has 1 aromatic carbocycles. The highest BCUT2D eigenvalue weighted by Gasteiger charge is 2.25. The minimum Gasteiger partial charge on any atom is -0.480 e. The molecule has 1 heterocycles. The molecule has 11 heteroatoms. The van der Waals surface area contributed by atoms with Gasteiger partial charge in [-0.05, 0) is 18.9 Å². The monoisotopic (exact) mass is 430 g/mol. The van der Waals surface area contributed by atoms with E-state index >= 15 is 0 Å². The largest absolute Gasteiger partial charge is 0.480 e. The number of aromatic amines is 1. The van der Waals surface area contributed by atoms with Crippen LogP contribution in [0.15, 0.2) is 42.9 Å². The third-order valence-electron chi connectivity index (χ3n) is 4.42.